The van der Waals surface area contributed by atoms with Crippen molar-refractivity contribution >= 4 is 5.91 Å². The van der Waals surface area contributed by atoms with Gasteiger partial charge in [-0.3, -0.25) is 9.59 Å². The van der Waals surface area contributed by atoms with Crippen molar-refractivity contribution < 1.29 is 4.79 Å². The van der Waals surface area contributed by atoms with Gasteiger partial charge in [0.05, 0.1) is 0 Å². The molecule has 0 aromatic carbocycles. The monoisotopic (exact) mass is 237 g/mol. The Morgan fingerprint density at radius 1 is 1.47 bits per heavy atom. The van der Waals surface area contributed by atoms with Crippen LogP contribution in [-0.2, 0) is 17.9 Å². The number of pyridine rings is 1. The fourth-order valence-corrected chi connectivity index (χ4v) is 1.65. The summed E-state index contributed by atoms with van der Waals surface area (Å²) in [5, 5.41) is 2.70. The number of hydrogen-bond donors (Lipinski definition) is 2. The normalized spacial score (nSPS) is 10.3. The van der Waals surface area contributed by atoms with Gasteiger partial charge >= 0.3 is 0 Å². The van der Waals surface area contributed by atoms with Crippen LogP contribution < -0.4 is 16.6 Å². The van der Waals surface area contributed by atoms with E-state index in [1.54, 1.807) is 10.6 Å². The van der Waals surface area contributed by atoms with E-state index >= 15 is 0 Å². The highest BCUT2D eigenvalue weighted by Crippen LogP contribution is 1.99. The molecule has 1 amide bonds. The maximum Gasteiger partial charge on any atom is 0.255 e. The van der Waals surface area contributed by atoms with Crippen LogP contribution in [0.4, 0.5) is 0 Å². The summed E-state index contributed by atoms with van der Waals surface area (Å²) < 4.78 is 1.59. The molecule has 94 valence electrons. The predicted molar refractivity (Wildman–Crippen MR) is 66.6 cm³/mol. The van der Waals surface area contributed by atoms with Gasteiger partial charge in [0.1, 0.15) is 0 Å². The van der Waals surface area contributed by atoms with Gasteiger partial charge in [-0.15, -0.1) is 0 Å². The summed E-state index contributed by atoms with van der Waals surface area (Å²) in [5.74, 6) is -0.0445. The number of aryl methyl sites for hydroxylation is 1. The quantitative estimate of drug-likeness (QED) is 0.765. The number of amides is 1. The zero-order chi connectivity index (χ0) is 12.8. The van der Waals surface area contributed by atoms with Gasteiger partial charge in [-0.1, -0.05) is 6.07 Å². The first-order valence-electron chi connectivity index (χ1n) is 5.76. The lowest BCUT2D eigenvalue weighted by molar-refractivity contribution is -0.121. The molecule has 1 aromatic rings. The van der Waals surface area contributed by atoms with Crippen molar-refractivity contribution in [1.82, 2.24) is 9.88 Å². The van der Waals surface area contributed by atoms with Crippen molar-refractivity contribution in [2.24, 2.45) is 5.73 Å². The van der Waals surface area contributed by atoms with E-state index in [1.165, 1.54) is 0 Å². The minimum Gasteiger partial charge on any atom is -0.356 e. The van der Waals surface area contributed by atoms with Crippen molar-refractivity contribution in [2.45, 2.75) is 33.4 Å². The van der Waals surface area contributed by atoms with Gasteiger partial charge in [0, 0.05) is 37.3 Å². The van der Waals surface area contributed by atoms with E-state index in [-0.39, 0.29) is 18.0 Å². The largest absolute Gasteiger partial charge is 0.356 e. The lowest BCUT2D eigenvalue weighted by Gasteiger charge is -2.11. The molecule has 0 saturated carbocycles. The number of hydrogen-bond acceptors (Lipinski definition) is 3. The van der Waals surface area contributed by atoms with Crippen LogP contribution in [0.25, 0.3) is 0 Å². The van der Waals surface area contributed by atoms with Crippen LogP contribution in [0.3, 0.4) is 0 Å². The number of nitrogens with two attached hydrogens (primary N) is 1. The molecule has 0 aliphatic carbocycles. The Bertz CT molecular complexity index is 452. The van der Waals surface area contributed by atoms with Crippen LogP contribution >= 0.6 is 0 Å². The summed E-state index contributed by atoms with van der Waals surface area (Å²) in [6, 6.07) is 3.58. The van der Waals surface area contributed by atoms with E-state index in [0.29, 0.717) is 25.1 Å². The Morgan fingerprint density at radius 3 is 2.76 bits per heavy atom. The minimum atomic E-state index is -0.100. The van der Waals surface area contributed by atoms with E-state index in [9.17, 15) is 9.59 Å². The Labute approximate surface area is 101 Å². The number of aromatic nitrogens is 1. The zero-order valence-electron chi connectivity index (χ0n) is 10.3. The molecule has 3 N–H and O–H groups in total. The third-order valence-electron chi connectivity index (χ3n) is 2.63. The highest BCUT2D eigenvalue weighted by molar-refractivity contribution is 5.75. The molecule has 0 aliphatic rings. The Morgan fingerprint density at radius 2 is 2.18 bits per heavy atom. The lowest BCUT2D eigenvalue weighted by Crippen LogP contribution is -2.30. The maximum absolute atomic E-state index is 11.9. The third-order valence-corrected chi connectivity index (χ3v) is 2.63. The summed E-state index contributed by atoms with van der Waals surface area (Å²) in [4.78, 5) is 23.3. The average molecular weight is 237 g/mol. The maximum atomic E-state index is 11.9. The molecule has 0 aliphatic heterocycles. The van der Waals surface area contributed by atoms with E-state index < -0.39 is 0 Å². The second kappa shape index (κ2) is 6.20. The second-order valence-corrected chi connectivity index (χ2v) is 3.86. The van der Waals surface area contributed by atoms with Gasteiger partial charge in [0.2, 0.25) is 5.91 Å². The van der Waals surface area contributed by atoms with Gasteiger partial charge in [-0.05, 0) is 19.9 Å². The molecule has 0 saturated heterocycles. The summed E-state index contributed by atoms with van der Waals surface area (Å²) in [5.41, 5.74) is 6.80. The van der Waals surface area contributed by atoms with Crippen LogP contribution in [-0.4, -0.2) is 17.0 Å². The van der Waals surface area contributed by atoms with Crippen LogP contribution in [0.1, 0.15) is 24.6 Å². The van der Waals surface area contributed by atoms with Crippen LogP contribution in [0.2, 0.25) is 0 Å². The fraction of sp³-hybridized carbons (Fsp3) is 0.500. The molecule has 0 radical (unpaired) electrons. The lowest BCUT2D eigenvalue weighted by atomic mass is 10.2. The molecule has 17 heavy (non-hydrogen) atoms. The number of rotatable bonds is 5. The molecular weight excluding hydrogens is 218 g/mol. The first kappa shape index (κ1) is 13.4. The predicted octanol–water partition coefficient (Wildman–Crippen LogP) is 0.142. The average Bonchev–Trinajstić information content (AvgIpc) is 2.29. The molecule has 0 spiro atoms. The fourth-order valence-electron chi connectivity index (χ4n) is 1.65. The minimum absolute atomic E-state index is 0.0445. The molecule has 1 aromatic heterocycles. The molecule has 0 bridgehead atoms. The van der Waals surface area contributed by atoms with Crippen LogP contribution in [0.15, 0.2) is 16.9 Å². The summed E-state index contributed by atoms with van der Waals surface area (Å²) in [7, 11) is 0. The topological polar surface area (TPSA) is 77.1 Å². The van der Waals surface area contributed by atoms with E-state index in [1.807, 2.05) is 19.9 Å². The summed E-state index contributed by atoms with van der Waals surface area (Å²) in [6.07, 6.45) is 0.308. The van der Waals surface area contributed by atoms with Crippen LogP contribution in [0.5, 0.6) is 0 Å². The Hall–Kier alpha value is -1.62. The summed E-state index contributed by atoms with van der Waals surface area (Å²) >= 11 is 0. The molecule has 0 atom stereocenters. The van der Waals surface area contributed by atoms with Gasteiger partial charge in [0.25, 0.3) is 5.56 Å². The zero-order valence-corrected chi connectivity index (χ0v) is 10.3. The molecule has 1 heterocycles. The third kappa shape index (κ3) is 3.42. The molecule has 1 rings (SSSR count). The van der Waals surface area contributed by atoms with Crippen molar-refractivity contribution in [3.63, 3.8) is 0 Å². The van der Waals surface area contributed by atoms with Crippen LogP contribution in [0, 0.1) is 6.92 Å². The Balaban J connectivity index is 2.83. The smallest absolute Gasteiger partial charge is 0.255 e. The van der Waals surface area contributed by atoms with Gasteiger partial charge < -0.3 is 15.6 Å². The SMILES string of the molecule is CCNC(=O)CCn1c(C)ccc(CN)c1=O. The number of nitrogens with zero attached hydrogens (tertiary/aromatic N) is 1. The van der Waals surface area contributed by atoms with E-state index in [4.69, 9.17) is 5.73 Å². The number of nitrogens with one attached hydrogen (secondary N) is 1. The number of carbonyl (C=O) groups is 1. The highest BCUT2D eigenvalue weighted by atomic mass is 16.1. The van der Waals surface area contributed by atoms with Crippen molar-refractivity contribution in [2.75, 3.05) is 6.54 Å². The van der Waals surface area contributed by atoms with E-state index in [0.717, 1.165) is 5.69 Å². The van der Waals surface area contributed by atoms with Crippen molar-refractivity contribution in [1.29, 1.82) is 0 Å². The molecule has 5 heteroatoms. The van der Waals surface area contributed by atoms with Gasteiger partial charge in [-0.2, -0.15) is 0 Å². The first-order chi connectivity index (χ1) is 8.10. The number of carbonyl (C=O) groups excluding carboxylic acids is 1. The van der Waals surface area contributed by atoms with Gasteiger partial charge in [-0.25, -0.2) is 0 Å². The van der Waals surface area contributed by atoms with Crippen molar-refractivity contribution in [3.8, 4) is 0 Å². The highest BCUT2D eigenvalue weighted by Gasteiger charge is 2.07. The van der Waals surface area contributed by atoms with Crippen molar-refractivity contribution in [3.05, 3.63) is 33.7 Å². The standard InChI is InChI=1S/C12H19N3O2/c1-3-14-11(16)6-7-15-9(2)4-5-10(8-13)12(15)17/h4-5H,3,6-8,13H2,1-2H3,(H,14,16). The van der Waals surface area contributed by atoms with Gasteiger partial charge in [0.15, 0.2) is 0 Å². The molecule has 0 fully saturated rings. The molecule has 0 unspecified atom stereocenters. The molecular formula is C12H19N3O2. The first-order valence-corrected chi connectivity index (χ1v) is 5.76. The Kier molecular flexibility index (Phi) is 4.90. The summed E-state index contributed by atoms with van der Waals surface area (Å²) in [6.45, 7) is 4.93. The second-order valence-electron chi connectivity index (χ2n) is 3.86. The van der Waals surface area contributed by atoms with E-state index in [2.05, 4.69) is 5.32 Å². The molecule has 5 nitrogen and oxygen atoms in total.